The van der Waals surface area contributed by atoms with Gasteiger partial charge in [0.25, 0.3) is 0 Å². The number of nitrogens with one attached hydrogen (secondary N) is 4. The van der Waals surface area contributed by atoms with E-state index in [9.17, 15) is 14.4 Å². The van der Waals surface area contributed by atoms with Crippen LogP contribution in [0.1, 0.15) is 0 Å². The number of fused-ring (bicyclic) bond motifs is 1. The van der Waals surface area contributed by atoms with Crippen LogP contribution in [0.4, 0.5) is 5.69 Å². The highest BCUT2D eigenvalue weighted by Gasteiger charge is 2.09. The lowest BCUT2D eigenvalue weighted by molar-refractivity contribution is -0.123. The zero-order valence-electron chi connectivity index (χ0n) is 10.2. The zero-order valence-corrected chi connectivity index (χ0v) is 11.8. The van der Waals surface area contributed by atoms with Crippen molar-refractivity contribution in [3.63, 3.8) is 0 Å². The van der Waals surface area contributed by atoms with E-state index >= 15 is 0 Å². The number of H-pyrrole nitrogens is 2. The summed E-state index contributed by atoms with van der Waals surface area (Å²) in [5.41, 5.74) is 6.46. The van der Waals surface area contributed by atoms with Crippen molar-refractivity contribution in [2.75, 3.05) is 18.4 Å². The summed E-state index contributed by atoms with van der Waals surface area (Å²) in [4.78, 5) is 39.0. The van der Waals surface area contributed by atoms with Gasteiger partial charge in [-0.2, -0.15) is 0 Å². The van der Waals surface area contributed by atoms with E-state index in [1.807, 2.05) is 0 Å². The fourth-order valence-electron chi connectivity index (χ4n) is 1.60. The van der Waals surface area contributed by atoms with Crippen LogP contribution in [0.5, 0.6) is 0 Å². The first-order valence-electron chi connectivity index (χ1n) is 5.67. The molecule has 0 spiro atoms. The van der Waals surface area contributed by atoms with E-state index in [1.54, 1.807) is 12.1 Å². The van der Waals surface area contributed by atoms with Gasteiger partial charge in [-0.3, -0.25) is 9.59 Å². The van der Waals surface area contributed by atoms with Crippen LogP contribution >= 0.6 is 15.9 Å². The largest absolute Gasteiger partial charge is 0.346 e. The lowest BCUT2D eigenvalue weighted by atomic mass is 10.2. The lowest BCUT2D eigenvalue weighted by Gasteiger charge is -2.08. The quantitative estimate of drug-likeness (QED) is 0.518. The molecule has 6 N–H and O–H groups in total. The number of aromatic nitrogens is 2. The molecule has 0 saturated carbocycles. The van der Waals surface area contributed by atoms with Crippen LogP contribution < -0.4 is 22.1 Å². The van der Waals surface area contributed by atoms with Crippen LogP contribution in [0.3, 0.4) is 0 Å². The van der Waals surface area contributed by atoms with E-state index in [1.165, 1.54) is 0 Å². The summed E-state index contributed by atoms with van der Waals surface area (Å²) >= 11 is 3.29. The van der Waals surface area contributed by atoms with Crippen molar-refractivity contribution >= 4 is 44.5 Å². The number of hydrogen-bond donors (Lipinski definition) is 5. The number of hydrogen-bond acceptors (Lipinski definition) is 4. The molecule has 9 heteroatoms. The van der Waals surface area contributed by atoms with Crippen molar-refractivity contribution in [1.82, 2.24) is 15.3 Å². The van der Waals surface area contributed by atoms with Gasteiger partial charge < -0.3 is 26.3 Å². The van der Waals surface area contributed by atoms with Gasteiger partial charge in [0.1, 0.15) is 0 Å². The standard InChI is InChI=1S/C11H12BrN5O3/c12-5-1-7-8(17-11(20)16-7)2-6(5)15-10(19)4-14-9(18)3-13/h1-2H,3-4,13H2,(H,14,18)(H,15,19)(H2,16,17,20). The molecular weight excluding hydrogens is 330 g/mol. The molecule has 1 aromatic carbocycles. The monoisotopic (exact) mass is 341 g/mol. The van der Waals surface area contributed by atoms with E-state index in [0.29, 0.717) is 21.2 Å². The van der Waals surface area contributed by atoms with Gasteiger partial charge in [0.05, 0.1) is 29.8 Å². The highest BCUT2D eigenvalue weighted by Crippen LogP contribution is 2.26. The fraction of sp³-hybridized carbons (Fsp3) is 0.182. The third-order valence-corrected chi connectivity index (χ3v) is 3.17. The highest BCUT2D eigenvalue weighted by molar-refractivity contribution is 9.10. The molecule has 1 aromatic heterocycles. The number of carbonyl (C=O) groups is 2. The highest BCUT2D eigenvalue weighted by atomic mass is 79.9. The molecule has 0 aliphatic carbocycles. The Hall–Kier alpha value is -2.13. The minimum atomic E-state index is -0.412. The molecular formula is C11H12BrN5O3. The predicted molar refractivity (Wildman–Crippen MR) is 77.3 cm³/mol. The van der Waals surface area contributed by atoms with E-state index in [-0.39, 0.29) is 18.8 Å². The van der Waals surface area contributed by atoms with Gasteiger partial charge in [-0.15, -0.1) is 0 Å². The van der Waals surface area contributed by atoms with Gasteiger partial charge in [-0.25, -0.2) is 4.79 Å². The number of aromatic amines is 2. The van der Waals surface area contributed by atoms with E-state index in [0.717, 1.165) is 0 Å². The summed E-state index contributed by atoms with van der Waals surface area (Å²) in [6, 6.07) is 3.28. The minimum absolute atomic E-state index is 0.173. The van der Waals surface area contributed by atoms with Crippen LogP contribution in [-0.4, -0.2) is 34.9 Å². The molecule has 106 valence electrons. The van der Waals surface area contributed by atoms with Crippen molar-refractivity contribution < 1.29 is 9.59 Å². The average Bonchev–Trinajstić information content (AvgIpc) is 2.75. The SMILES string of the molecule is NCC(=O)NCC(=O)Nc1cc2[nH]c(=O)[nH]c2cc1Br. The molecule has 8 nitrogen and oxygen atoms in total. The molecule has 2 rings (SSSR count). The molecule has 2 aromatic rings. The number of benzene rings is 1. The molecule has 0 bridgehead atoms. The Balaban J connectivity index is 2.12. The smallest absolute Gasteiger partial charge is 0.323 e. The molecule has 0 saturated heterocycles. The summed E-state index contributed by atoms with van der Waals surface area (Å²) in [7, 11) is 0. The number of amides is 2. The predicted octanol–water partition coefficient (Wildman–Crippen LogP) is -0.368. The fourth-order valence-corrected chi connectivity index (χ4v) is 2.04. The number of rotatable bonds is 4. The van der Waals surface area contributed by atoms with Gasteiger partial charge in [-0.05, 0) is 28.1 Å². The van der Waals surface area contributed by atoms with Gasteiger partial charge in [0.2, 0.25) is 11.8 Å². The number of halogens is 1. The van der Waals surface area contributed by atoms with Crippen LogP contribution in [0, 0.1) is 0 Å². The molecule has 0 fully saturated rings. The Morgan fingerprint density at radius 3 is 2.50 bits per heavy atom. The number of carbonyl (C=O) groups excluding carboxylic acids is 2. The van der Waals surface area contributed by atoms with Crippen molar-refractivity contribution in [1.29, 1.82) is 0 Å². The summed E-state index contributed by atoms with van der Waals surface area (Å²) in [6.07, 6.45) is 0. The van der Waals surface area contributed by atoms with Gasteiger partial charge in [0.15, 0.2) is 0 Å². The Bertz CT molecular complexity index is 720. The lowest BCUT2D eigenvalue weighted by Crippen LogP contribution is -2.36. The second-order valence-corrected chi connectivity index (χ2v) is 4.84. The Kier molecular flexibility index (Phi) is 4.20. The summed E-state index contributed by atoms with van der Waals surface area (Å²) in [5, 5.41) is 4.97. The molecule has 2 amide bonds. The average molecular weight is 342 g/mol. The maximum Gasteiger partial charge on any atom is 0.323 e. The second kappa shape index (κ2) is 5.88. The molecule has 0 unspecified atom stereocenters. The number of anilines is 1. The molecule has 0 radical (unpaired) electrons. The molecule has 0 aliphatic rings. The Morgan fingerprint density at radius 2 is 1.85 bits per heavy atom. The summed E-state index contributed by atoms with van der Waals surface area (Å²) in [5.74, 6) is -0.811. The maximum atomic E-state index is 11.7. The first kappa shape index (κ1) is 14.3. The van der Waals surface area contributed by atoms with Crippen molar-refractivity contribution in [2.45, 2.75) is 0 Å². The zero-order chi connectivity index (χ0) is 14.7. The van der Waals surface area contributed by atoms with Gasteiger partial charge in [-0.1, -0.05) is 0 Å². The Labute approximate surface area is 121 Å². The van der Waals surface area contributed by atoms with Crippen LogP contribution in [-0.2, 0) is 9.59 Å². The van der Waals surface area contributed by atoms with Crippen LogP contribution in [0.2, 0.25) is 0 Å². The minimum Gasteiger partial charge on any atom is -0.346 e. The van der Waals surface area contributed by atoms with E-state index < -0.39 is 11.8 Å². The summed E-state index contributed by atoms with van der Waals surface area (Å²) < 4.78 is 0.610. The normalized spacial score (nSPS) is 10.5. The first-order valence-corrected chi connectivity index (χ1v) is 6.47. The maximum absolute atomic E-state index is 11.7. The first-order chi connectivity index (χ1) is 9.49. The van der Waals surface area contributed by atoms with Crippen molar-refractivity contribution in [2.24, 2.45) is 5.73 Å². The number of nitrogens with two attached hydrogens (primary N) is 1. The van der Waals surface area contributed by atoms with E-state index in [4.69, 9.17) is 5.73 Å². The molecule has 0 aliphatic heterocycles. The third-order valence-electron chi connectivity index (χ3n) is 2.51. The summed E-state index contributed by atoms with van der Waals surface area (Å²) in [6.45, 7) is -0.350. The molecule has 0 atom stereocenters. The van der Waals surface area contributed by atoms with Crippen LogP contribution in [0.15, 0.2) is 21.4 Å². The topological polar surface area (TPSA) is 133 Å². The third kappa shape index (κ3) is 3.25. The van der Waals surface area contributed by atoms with E-state index in [2.05, 4.69) is 36.5 Å². The molecule has 20 heavy (non-hydrogen) atoms. The van der Waals surface area contributed by atoms with Gasteiger partial charge >= 0.3 is 5.69 Å². The van der Waals surface area contributed by atoms with Crippen molar-refractivity contribution in [3.05, 3.63) is 27.1 Å². The second-order valence-electron chi connectivity index (χ2n) is 3.99. The molecule has 1 heterocycles. The Morgan fingerprint density at radius 1 is 1.20 bits per heavy atom. The van der Waals surface area contributed by atoms with Crippen LogP contribution in [0.25, 0.3) is 11.0 Å². The van der Waals surface area contributed by atoms with Crippen molar-refractivity contribution in [3.8, 4) is 0 Å². The number of imidazole rings is 1. The van der Waals surface area contributed by atoms with Gasteiger partial charge in [0, 0.05) is 4.47 Å².